The second-order valence-electron chi connectivity index (χ2n) is 4.53. The number of hydrogen-bond donors (Lipinski definition) is 1. The van der Waals surface area contributed by atoms with Crippen LogP contribution in [0.5, 0.6) is 0 Å². The Morgan fingerprint density at radius 1 is 1.11 bits per heavy atom. The first-order chi connectivity index (χ1) is 8.84. The number of imide groups is 1. The van der Waals surface area contributed by atoms with Crippen molar-refractivity contribution in [3.63, 3.8) is 0 Å². The van der Waals surface area contributed by atoms with E-state index in [0.29, 0.717) is 6.54 Å². The van der Waals surface area contributed by atoms with Gasteiger partial charge in [0.2, 0.25) is 11.8 Å². The highest BCUT2D eigenvalue weighted by molar-refractivity contribution is 7.90. The summed E-state index contributed by atoms with van der Waals surface area (Å²) in [6.45, 7) is 0.766. The van der Waals surface area contributed by atoms with Gasteiger partial charge in [0.25, 0.3) is 0 Å². The second kappa shape index (κ2) is 5.10. The van der Waals surface area contributed by atoms with Crippen molar-refractivity contribution in [3.05, 3.63) is 29.8 Å². The van der Waals surface area contributed by atoms with Crippen molar-refractivity contribution in [2.24, 2.45) is 0 Å². The van der Waals surface area contributed by atoms with Gasteiger partial charge in [0.15, 0.2) is 9.84 Å². The van der Waals surface area contributed by atoms with Crippen LogP contribution in [0.2, 0.25) is 0 Å². The number of sulfone groups is 1. The minimum atomic E-state index is -3.20. The van der Waals surface area contributed by atoms with E-state index >= 15 is 0 Å². The number of nitrogens with one attached hydrogen (secondary N) is 1. The monoisotopic (exact) mass is 282 g/mol. The molecule has 0 atom stereocenters. The molecule has 1 aromatic rings. The smallest absolute Gasteiger partial charge is 0.240 e. The third-order valence-corrected chi connectivity index (χ3v) is 3.90. The summed E-state index contributed by atoms with van der Waals surface area (Å²) in [5, 5.41) is 2.23. The van der Waals surface area contributed by atoms with Crippen molar-refractivity contribution in [3.8, 4) is 0 Å². The van der Waals surface area contributed by atoms with Crippen LogP contribution in [0.15, 0.2) is 29.2 Å². The maximum absolute atomic E-state index is 11.3. The van der Waals surface area contributed by atoms with E-state index in [2.05, 4.69) is 5.32 Å². The van der Waals surface area contributed by atoms with Crippen LogP contribution in [0.25, 0.3) is 0 Å². The normalized spacial score (nSPS) is 17.3. The Labute approximate surface area is 111 Å². The summed E-state index contributed by atoms with van der Waals surface area (Å²) in [4.78, 5) is 24.4. The van der Waals surface area contributed by atoms with E-state index in [4.69, 9.17) is 0 Å². The summed E-state index contributed by atoms with van der Waals surface area (Å²) < 4.78 is 22.6. The van der Waals surface area contributed by atoms with Crippen LogP contribution in [-0.4, -0.2) is 44.5 Å². The number of carbonyl (C=O) groups is 2. The molecule has 1 heterocycles. The Bertz CT molecular complexity index is 591. The van der Waals surface area contributed by atoms with Crippen molar-refractivity contribution in [2.75, 3.05) is 19.3 Å². The van der Waals surface area contributed by atoms with E-state index in [-0.39, 0.29) is 29.8 Å². The van der Waals surface area contributed by atoms with Crippen LogP contribution in [0, 0.1) is 0 Å². The molecule has 0 aromatic heterocycles. The molecule has 1 N–H and O–H groups in total. The largest absolute Gasteiger partial charge is 0.294 e. The predicted molar refractivity (Wildman–Crippen MR) is 68.0 cm³/mol. The Morgan fingerprint density at radius 2 is 1.63 bits per heavy atom. The summed E-state index contributed by atoms with van der Waals surface area (Å²) in [5.74, 6) is -0.631. The minimum Gasteiger partial charge on any atom is -0.294 e. The fourth-order valence-electron chi connectivity index (χ4n) is 1.91. The van der Waals surface area contributed by atoms with E-state index in [1.807, 2.05) is 0 Å². The molecule has 2 amide bonds. The molecule has 0 spiro atoms. The molecule has 0 saturated carbocycles. The van der Waals surface area contributed by atoms with Crippen LogP contribution in [0.1, 0.15) is 5.56 Å². The molecule has 0 unspecified atom stereocenters. The lowest BCUT2D eigenvalue weighted by atomic mass is 10.2. The van der Waals surface area contributed by atoms with Crippen molar-refractivity contribution in [1.82, 2.24) is 10.2 Å². The molecule has 6 nitrogen and oxygen atoms in total. The van der Waals surface area contributed by atoms with Gasteiger partial charge < -0.3 is 0 Å². The molecule has 1 aliphatic heterocycles. The first kappa shape index (κ1) is 13.7. The lowest BCUT2D eigenvalue weighted by Gasteiger charge is -2.25. The van der Waals surface area contributed by atoms with Crippen LogP contribution < -0.4 is 5.32 Å². The Hall–Kier alpha value is -1.73. The van der Waals surface area contributed by atoms with Gasteiger partial charge in [-0.25, -0.2) is 8.42 Å². The summed E-state index contributed by atoms with van der Waals surface area (Å²) in [6.07, 6.45) is 1.15. The van der Waals surface area contributed by atoms with Gasteiger partial charge in [0.05, 0.1) is 18.0 Å². The van der Waals surface area contributed by atoms with Gasteiger partial charge in [-0.15, -0.1) is 0 Å². The molecule has 1 saturated heterocycles. The topological polar surface area (TPSA) is 83.6 Å². The quantitative estimate of drug-likeness (QED) is 0.759. The van der Waals surface area contributed by atoms with Crippen molar-refractivity contribution < 1.29 is 18.0 Å². The lowest BCUT2D eigenvalue weighted by molar-refractivity contribution is -0.136. The van der Waals surface area contributed by atoms with Crippen LogP contribution in [-0.2, 0) is 26.0 Å². The number of hydrogen-bond acceptors (Lipinski definition) is 5. The van der Waals surface area contributed by atoms with Crippen LogP contribution >= 0.6 is 0 Å². The Balaban J connectivity index is 2.07. The third kappa shape index (κ3) is 3.62. The van der Waals surface area contributed by atoms with Gasteiger partial charge in [-0.05, 0) is 17.7 Å². The number of benzene rings is 1. The van der Waals surface area contributed by atoms with Crippen LogP contribution in [0.3, 0.4) is 0 Å². The first-order valence-corrected chi connectivity index (χ1v) is 7.58. The number of piperazine rings is 1. The second-order valence-corrected chi connectivity index (χ2v) is 6.55. The lowest BCUT2D eigenvalue weighted by Crippen LogP contribution is -2.50. The maximum Gasteiger partial charge on any atom is 0.240 e. The number of amides is 2. The molecule has 0 radical (unpaired) electrons. The summed E-state index contributed by atoms with van der Waals surface area (Å²) in [6, 6.07) is 6.42. The number of carbonyl (C=O) groups excluding carboxylic acids is 2. The minimum absolute atomic E-state index is 0.166. The standard InChI is InChI=1S/C12H14N2O4S/c1-19(17,18)10-4-2-9(3-5-10)6-14-7-11(15)13-12(16)8-14/h2-5H,6-8H2,1H3,(H,13,15,16). The van der Waals surface area contributed by atoms with Crippen molar-refractivity contribution in [1.29, 1.82) is 0 Å². The summed E-state index contributed by atoms with van der Waals surface area (Å²) in [7, 11) is -3.20. The highest BCUT2D eigenvalue weighted by atomic mass is 32.2. The van der Waals surface area contributed by atoms with E-state index in [1.54, 1.807) is 17.0 Å². The molecule has 19 heavy (non-hydrogen) atoms. The molecule has 7 heteroatoms. The fraction of sp³-hybridized carbons (Fsp3) is 0.333. The Kier molecular flexibility index (Phi) is 3.68. The molecule has 0 bridgehead atoms. The average Bonchev–Trinajstić information content (AvgIpc) is 2.26. The van der Waals surface area contributed by atoms with E-state index in [1.165, 1.54) is 12.1 Å². The van der Waals surface area contributed by atoms with Gasteiger partial charge in [0, 0.05) is 12.8 Å². The summed E-state index contributed by atoms with van der Waals surface area (Å²) in [5.41, 5.74) is 0.856. The molecule has 1 aliphatic rings. The van der Waals surface area contributed by atoms with Crippen molar-refractivity contribution in [2.45, 2.75) is 11.4 Å². The van der Waals surface area contributed by atoms with Gasteiger partial charge in [-0.3, -0.25) is 19.8 Å². The molecule has 1 fully saturated rings. The Morgan fingerprint density at radius 3 is 2.11 bits per heavy atom. The number of nitrogens with zero attached hydrogens (tertiary/aromatic N) is 1. The maximum atomic E-state index is 11.3. The average molecular weight is 282 g/mol. The fourth-order valence-corrected chi connectivity index (χ4v) is 2.54. The zero-order valence-corrected chi connectivity index (χ0v) is 11.2. The molecular weight excluding hydrogens is 268 g/mol. The molecule has 1 aromatic carbocycles. The van der Waals surface area contributed by atoms with Crippen molar-refractivity contribution >= 4 is 21.7 Å². The van der Waals surface area contributed by atoms with Crippen LogP contribution in [0.4, 0.5) is 0 Å². The van der Waals surface area contributed by atoms with Gasteiger partial charge in [-0.1, -0.05) is 12.1 Å². The van der Waals surface area contributed by atoms with Gasteiger partial charge in [-0.2, -0.15) is 0 Å². The van der Waals surface area contributed by atoms with Gasteiger partial charge >= 0.3 is 0 Å². The van der Waals surface area contributed by atoms with E-state index < -0.39 is 9.84 Å². The molecule has 0 aliphatic carbocycles. The molecular formula is C12H14N2O4S. The SMILES string of the molecule is CS(=O)(=O)c1ccc(CN2CC(=O)NC(=O)C2)cc1. The molecule has 102 valence electrons. The number of rotatable bonds is 3. The zero-order chi connectivity index (χ0) is 14.0. The first-order valence-electron chi connectivity index (χ1n) is 5.68. The predicted octanol–water partition coefficient (Wildman–Crippen LogP) is -0.452. The third-order valence-electron chi connectivity index (χ3n) is 2.77. The highest BCUT2D eigenvalue weighted by Gasteiger charge is 2.22. The zero-order valence-electron chi connectivity index (χ0n) is 10.4. The van der Waals surface area contributed by atoms with E-state index in [0.717, 1.165) is 11.8 Å². The van der Waals surface area contributed by atoms with E-state index in [9.17, 15) is 18.0 Å². The van der Waals surface area contributed by atoms with Gasteiger partial charge in [0.1, 0.15) is 0 Å². The highest BCUT2D eigenvalue weighted by Crippen LogP contribution is 2.12. The summed E-state index contributed by atoms with van der Waals surface area (Å²) >= 11 is 0. The molecule has 2 rings (SSSR count).